The molecule has 0 spiro atoms. The number of ketones is 1. The molecule has 0 bridgehead atoms. The van der Waals surface area contributed by atoms with Crippen LogP contribution in [0.2, 0.25) is 0 Å². The maximum absolute atomic E-state index is 14.0. The Bertz CT molecular complexity index is 1300. The predicted octanol–water partition coefficient (Wildman–Crippen LogP) is 3.80. The van der Waals surface area contributed by atoms with Crippen LogP contribution in [0.5, 0.6) is 0 Å². The van der Waals surface area contributed by atoms with Gasteiger partial charge in [-0.2, -0.15) is 14.7 Å². The number of alkyl halides is 1. The summed E-state index contributed by atoms with van der Waals surface area (Å²) in [5, 5.41) is 19.9. The highest BCUT2D eigenvalue weighted by atomic mass is 19.1. The highest BCUT2D eigenvalue weighted by Crippen LogP contribution is 2.40. The molecule has 1 aliphatic heterocycles. The molecule has 0 radical (unpaired) electrons. The summed E-state index contributed by atoms with van der Waals surface area (Å²) >= 11 is 0. The molecule has 1 aliphatic carbocycles. The number of carbonyl (C=O) groups excluding carboxylic acids is 1. The van der Waals surface area contributed by atoms with E-state index in [0.29, 0.717) is 49.1 Å². The van der Waals surface area contributed by atoms with E-state index < -0.39 is 18.1 Å². The summed E-state index contributed by atoms with van der Waals surface area (Å²) < 4.78 is 15.5. The molecule has 3 heterocycles. The molecular formula is C25H27FN6O3. The van der Waals surface area contributed by atoms with E-state index in [4.69, 9.17) is 15.8 Å². The van der Waals surface area contributed by atoms with E-state index >= 15 is 0 Å². The van der Waals surface area contributed by atoms with Gasteiger partial charge >= 0.3 is 5.97 Å². The third kappa shape index (κ3) is 4.13. The zero-order chi connectivity index (χ0) is 24.7. The van der Waals surface area contributed by atoms with Crippen LogP contribution in [0.15, 0.2) is 41.6 Å². The number of hydrazone groups is 1. The van der Waals surface area contributed by atoms with Crippen molar-refractivity contribution in [3.05, 3.63) is 53.3 Å². The van der Waals surface area contributed by atoms with Gasteiger partial charge in [0.15, 0.2) is 17.6 Å². The van der Waals surface area contributed by atoms with E-state index in [2.05, 4.69) is 10.2 Å². The van der Waals surface area contributed by atoms with Gasteiger partial charge in [-0.1, -0.05) is 18.2 Å². The summed E-state index contributed by atoms with van der Waals surface area (Å²) in [5.41, 5.74) is 9.77. The lowest BCUT2D eigenvalue weighted by molar-refractivity contribution is -0.145. The van der Waals surface area contributed by atoms with Crippen LogP contribution in [0.25, 0.3) is 5.65 Å². The Hall–Kier alpha value is -3.82. The first-order chi connectivity index (χ1) is 16.8. The minimum atomic E-state index is -1.88. The highest BCUT2D eigenvalue weighted by molar-refractivity contribution is 6.00. The van der Waals surface area contributed by atoms with Crippen LogP contribution in [0.4, 0.5) is 15.9 Å². The Labute approximate surface area is 201 Å². The number of rotatable bonds is 6. The molecule has 3 aromatic rings. The molecule has 3 N–H and O–H groups in total. The second kappa shape index (κ2) is 9.09. The number of hydrogen-bond acceptors (Lipinski definition) is 7. The van der Waals surface area contributed by atoms with Gasteiger partial charge < -0.3 is 10.8 Å². The molecule has 9 nitrogen and oxygen atoms in total. The second-order valence-corrected chi connectivity index (χ2v) is 9.29. The van der Waals surface area contributed by atoms with Crippen LogP contribution < -0.4 is 10.7 Å². The monoisotopic (exact) mass is 478 g/mol. The SMILES string of the molecule is CC(=O)c1c(N)n2ncc(C3C=NN(c4ccccc4)C3)c2nc1[C@H]1CC[C@@H](C(F)C(=O)O)CC1. The average molecular weight is 479 g/mol. The normalized spacial score (nSPS) is 23.0. The Morgan fingerprint density at radius 3 is 2.54 bits per heavy atom. The molecule has 0 amide bonds. The molecule has 2 aromatic heterocycles. The molecule has 1 aromatic carbocycles. The van der Waals surface area contributed by atoms with Gasteiger partial charge in [0, 0.05) is 29.5 Å². The number of carboxylic acid groups (broad SMARTS) is 1. The van der Waals surface area contributed by atoms with Crippen LogP contribution in [0.3, 0.4) is 0 Å². The summed E-state index contributed by atoms with van der Waals surface area (Å²) in [7, 11) is 0. The zero-order valence-electron chi connectivity index (χ0n) is 19.3. The summed E-state index contributed by atoms with van der Waals surface area (Å²) in [6.07, 6.45) is 3.60. The van der Waals surface area contributed by atoms with Crippen LogP contribution in [0.1, 0.15) is 66.1 Å². The Morgan fingerprint density at radius 2 is 1.89 bits per heavy atom. The largest absolute Gasteiger partial charge is 0.479 e. The summed E-state index contributed by atoms with van der Waals surface area (Å²) in [6.45, 7) is 2.07. The Morgan fingerprint density at radius 1 is 1.17 bits per heavy atom. The molecule has 1 fully saturated rings. The number of para-hydroxylation sites is 1. The van der Waals surface area contributed by atoms with Crippen LogP contribution in [0, 0.1) is 5.92 Å². The van der Waals surface area contributed by atoms with E-state index in [1.807, 2.05) is 41.6 Å². The summed E-state index contributed by atoms with van der Waals surface area (Å²) in [5.74, 6) is -2.11. The first kappa shape index (κ1) is 22.9. The lowest BCUT2D eigenvalue weighted by atomic mass is 9.77. The van der Waals surface area contributed by atoms with E-state index in [1.54, 1.807) is 6.20 Å². The van der Waals surface area contributed by atoms with Gasteiger partial charge in [-0.3, -0.25) is 9.80 Å². The van der Waals surface area contributed by atoms with Crippen molar-refractivity contribution >= 4 is 35.1 Å². The van der Waals surface area contributed by atoms with Gasteiger partial charge in [0.25, 0.3) is 0 Å². The first-order valence-corrected chi connectivity index (χ1v) is 11.8. The third-order valence-corrected chi connectivity index (χ3v) is 7.11. The third-order valence-electron chi connectivity index (χ3n) is 7.11. The fraction of sp³-hybridized carbons (Fsp3) is 0.400. The van der Waals surface area contributed by atoms with Crippen molar-refractivity contribution in [3.8, 4) is 0 Å². The molecule has 35 heavy (non-hydrogen) atoms. The molecule has 1 saturated carbocycles. The lowest BCUT2D eigenvalue weighted by Crippen LogP contribution is -2.29. The van der Waals surface area contributed by atoms with E-state index in [9.17, 15) is 14.0 Å². The smallest absolute Gasteiger partial charge is 0.338 e. The first-order valence-electron chi connectivity index (χ1n) is 11.8. The number of anilines is 2. The van der Waals surface area contributed by atoms with E-state index in [-0.39, 0.29) is 23.4 Å². The molecule has 2 atom stereocenters. The maximum atomic E-state index is 14.0. The maximum Gasteiger partial charge on any atom is 0.338 e. The number of nitrogens with two attached hydrogens (primary N) is 1. The number of nitrogens with zero attached hydrogens (tertiary/aromatic N) is 5. The van der Waals surface area contributed by atoms with Crippen molar-refractivity contribution in [1.29, 1.82) is 0 Å². The number of carboxylic acids is 1. The number of fused-ring (bicyclic) bond motifs is 1. The van der Waals surface area contributed by atoms with E-state index in [0.717, 1.165) is 11.3 Å². The number of aromatic nitrogens is 3. The topological polar surface area (TPSA) is 126 Å². The number of halogens is 1. The Balaban J connectivity index is 1.47. The fourth-order valence-corrected chi connectivity index (χ4v) is 5.25. The number of carbonyl (C=O) groups is 2. The number of Topliss-reactive ketones (excluding diaryl/α,β-unsaturated/α-hetero) is 1. The fourth-order valence-electron chi connectivity index (χ4n) is 5.25. The van der Waals surface area contributed by atoms with Gasteiger partial charge in [-0.05, 0) is 44.7 Å². The van der Waals surface area contributed by atoms with E-state index in [1.165, 1.54) is 11.4 Å². The molecule has 182 valence electrons. The van der Waals surface area contributed by atoms with Gasteiger partial charge in [0.1, 0.15) is 5.82 Å². The highest BCUT2D eigenvalue weighted by Gasteiger charge is 2.35. The van der Waals surface area contributed by atoms with Crippen molar-refractivity contribution in [2.45, 2.75) is 50.6 Å². The van der Waals surface area contributed by atoms with Gasteiger partial charge in [-0.25, -0.2) is 14.2 Å². The molecule has 2 aliphatic rings. The average Bonchev–Trinajstić information content (AvgIpc) is 3.51. The molecular weight excluding hydrogens is 451 g/mol. The minimum Gasteiger partial charge on any atom is -0.479 e. The van der Waals surface area contributed by atoms with Gasteiger partial charge in [0.2, 0.25) is 0 Å². The molecule has 10 heteroatoms. The number of nitrogen functional groups attached to an aromatic ring is 1. The number of hydrogen-bond donors (Lipinski definition) is 2. The van der Waals surface area contributed by atoms with Crippen molar-refractivity contribution in [1.82, 2.24) is 14.6 Å². The standard InChI is InChI=1S/C25H27FN6O3/c1-14(33)20-22(16-9-7-15(8-10-16)21(26)25(34)35)30-24-19(12-29-32(24)23(20)27)17-11-28-31(13-17)18-5-3-2-4-6-18/h2-6,11-12,15-17,21H,7-10,13,27H2,1H3,(H,34,35)/t15-,16+,17?,21?. The Kier molecular flexibility index (Phi) is 5.96. The van der Waals surface area contributed by atoms with Crippen molar-refractivity contribution in [2.75, 3.05) is 17.3 Å². The van der Waals surface area contributed by atoms with Crippen LogP contribution >= 0.6 is 0 Å². The predicted molar refractivity (Wildman–Crippen MR) is 130 cm³/mol. The van der Waals surface area contributed by atoms with Gasteiger partial charge in [-0.15, -0.1) is 0 Å². The van der Waals surface area contributed by atoms with Crippen molar-refractivity contribution < 1.29 is 19.1 Å². The van der Waals surface area contributed by atoms with Crippen molar-refractivity contribution in [3.63, 3.8) is 0 Å². The minimum absolute atomic E-state index is 0.0609. The van der Waals surface area contributed by atoms with Crippen molar-refractivity contribution in [2.24, 2.45) is 11.0 Å². The quantitative estimate of drug-likeness (QED) is 0.516. The molecule has 5 rings (SSSR count). The molecule has 0 saturated heterocycles. The number of aliphatic carboxylic acids is 1. The summed E-state index contributed by atoms with van der Waals surface area (Å²) in [6, 6.07) is 9.86. The summed E-state index contributed by atoms with van der Waals surface area (Å²) in [4.78, 5) is 28.5. The molecule has 2 unspecified atom stereocenters. The second-order valence-electron chi connectivity index (χ2n) is 9.29. The van der Waals surface area contributed by atoms with Crippen LogP contribution in [-0.4, -0.2) is 50.4 Å². The van der Waals surface area contributed by atoms with Gasteiger partial charge in [0.05, 0.1) is 29.7 Å². The lowest BCUT2D eigenvalue weighted by Gasteiger charge is -2.30. The zero-order valence-corrected chi connectivity index (χ0v) is 19.3. The van der Waals surface area contributed by atoms with Crippen LogP contribution in [-0.2, 0) is 4.79 Å². The number of benzene rings is 1.